The van der Waals surface area contributed by atoms with E-state index in [2.05, 4.69) is 5.32 Å². The maximum Gasteiger partial charge on any atom is 0.227 e. The van der Waals surface area contributed by atoms with Crippen LogP contribution in [0.1, 0.15) is 41.0 Å². The Kier molecular flexibility index (Phi) is 5.42. The number of aliphatic hydroxyl groups is 1. The first kappa shape index (κ1) is 15.4. The molecule has 1 amide bonds. The Morgan fingerprint density at radius 2 is 1.88 bits per heavy atom. The summed E-state index contributed by atoms with van der Waals surface area (Å²) in [6.45, 7) is 10.1. The third-order valence-electron chi connectivity index (χ3n) is 3.41. The molecule has 0 bridgehead atoms. The molecule has 0 aromatic rings. The molecule has 0 aromatic heterocycles. The molecular weight excluding hydrogens is 204 g/mol. The summed E-state index contributed by atoms with van der Waals surface area (Å²) in [4.78, 5) is 12.0. The largest absolute Gasteiger partial charge is 0.396 e. The maximum atomic E-state index is 12.0. The van der Waals surface area contributed by atoms with E-state index in [4.69, 9.17) is 10.8 Å². The van der Waals surface area contributed by atoms with Crippen molar-refractivity contribution in [2.75, 3.05) is 13.2 Å². The van der Waals surface area contributed by atoms with Gasteiger partial charge >= 0.3 is 0 Å². The number of hydrogen-bond acceptors (Lipinski definition) is 3. The molecule has 0 rings (SSSR count). The van der Waals surface area contributed by atoms with Gasteiger partial charge in [-0.2, -0.15) is 0 Å². The van der Waals surface area contributed by atoms with Crippen LogP contribution in [-0.4, -0.2) is 29.7 Å². The van der Waals surface area contributed by atoms with Crippen LogP contribution in [0.25, 0.3) is 0 Å². The number of carbonyl (C=O) groups is 1. The summed E-state index contributed by atoms with van der Waals surface area (Å²) in [5.74, 6) is 0.246. The minimum Gasteiger partial charge on any atom is -0.396 e. The van der Waals surface area contributed by atoms with Gasteiger partial charge in [0, 0.05) is 18.7 Å². The molecule has 0 radical (unpaired) electrons. The van der Waals surface area contributed by atoms with Gasteiger partial charge in [-0.1, -0.05) is 6.92 Å². The highest BCUT2D eigenvalue weighted by Crippen LogP contribution is 2.28. The van der Waals surface area contributed by atoms with Gasteiger partial charge in [-0.3, -0.25) is 4.79 Å². The number of nitrogens with one attached hydrogen (secondary N) is 1. The van der Waals surface area contributed by atoms with Gasteiger partial charge < -0.3 is 16.2 Å². The highest BCUT2D eigenvalue weighted by atomic mass is 16.3. The average Bonchev–Trinajstić information content (AvgIpc) is 2.12. The van der Waals surface area contributed by atoms with Crippen molar-refractivity contribution >= 4 is 5.91 Å². The number of hydrogen-bond donors (Lipinski definition) is 3. The quantitative estimate of drug-likeness (QED) is 0.634. The topological polar surface area (TPSA) is 75.3 Å². The second-order valence-corrected chi connectivity index (χ2v) is 5.67. The van der Waals surface area contributed by atoms with E-state index in [-0.39, 0.29) is 18.4 Å². The molecule has 1 atom stereocenters. The van der Waals surface area contributed by atoms with Crippen molar-refractivity contribution in [3.63, 3.8) is 0 Å². The summed E-state index contributed by atoms with van der Waals surface area (Å²) in [6.07, 6.45) is 0.701. The zero-order chi connectivity index (χ0) is 13.0. The number of rotatable bonds is 6. The van der Waals surface area contributed by atoms with E-state index in [1.165, 1.54) is 0 Å². The first-order valence-corrected chi connectivity index (χ1v) is 5.81. The lowest BCUT2D eigenvalue weighted by atomic mass is 9.74. The molecule has 0 heterocycles. The van der Waals surface area contributed by atoms with Crippen molar-refractivity contribution in [2.24, 2.45) is 17.1 Å². The van der Waals surface area contributed by atoms with Gasteiger partial charge in [-0.25, -0.2) is 0 Å². The fraction of sp³-hybridized carbons (Fsp3) is 0.917. The molecule has 96 valence electrons. The smallest absolute Gasteiger partial charge is 0.227 e. The SMILES string of the molecule is CC(CCO)CNC(=O)C(C)(C)C(C)(C)N. The van der Waals surface area contributed by atoms with Crippen molar-refractivity contribution < 1.29 is 9.90 Å². The van der Waals surface area contributed by atoms with Crippen molar-refractivity contribution in [1.82, 2.24) is 5.32 Å². The normalized spacial score (nSPS) is 14.7. The van der Waals surface area contributed by atoms with Gasteiger partial charge in [0.25, 0.3) is 0 Å². The zero-order valence-electron chi connectivity index (χ0n) is 11.1. The van der Waals surface area contributed by atoms with Crippen LogP contribution >= 0.6 is 0 Å². The molecule has 0 fully saturated rings. The van der Waals surface area contributed by atoms with E-state index in [0.29, 0.717) is 13.0 Å². The Bertz CT molecular complexity index is 232. The van der Waals surface area contributed by atoms with Gasteiger partial charge in [0.15, 0.2) is 0 Å². The van der Waals surface area contributed by atoms with Crippen LogP contribution < -0.4 is 11.1 Å². The van der Waals surface area contributed by atoms with Crippen LogP contribution in [0.2, 0.25) is 0 Å². The molecular formula is C12H26N2O2. The lowest BCUT2D eigenvalue weighted by Gasteiger charge is -2.37. The Balaban J connectivity index is 4.27. The summed E-state index contributed by atoms with van der Waals surface area (Å²) in [6, 6.07) is 0. The molecule has 0 saturated heterocycles. The average molecular weight is 230 g/mol. The molecule has 0 saturated carbocycles. The second-order valence-electron chi connectivity index (χ2n) is 5.67. The highest BCUT2D eigenvalue weighted by molar-refractivity contribution is 5.83. The van der Waals surface area contributed by atoms with E-state index >= 15 is 0 Å². The lowest BCUT2D eigenvalue weighted by Crippen LogP contribution is -2.56. The molecule has 16 heavy (non-hydrogen) atoms. The highest BCUT2D eigenvalue weighted by Gasteiger charge is 2.40. The van der Waals surface area contributed by atoms with Crippen molar-refractivity contribution in [2.45, 2.75) is 46.6 Å². The van der Waals surface area contributed by atoms with Crippen LogP contribution in [-0.2, 0) is 4.79 Å². The van der Waals surface area contributed by atoms with E-state index in [9.17, 15) is 4.79 Å². The van der Waals surface area contributed by atoms with Crippen LogP contribution in [0.15, 0.2) is 0 Å². The third-order valence-corrected chi connectivity index (χ3v) is 3.41. The zero-order valence-corrected chi connectivity index (χ0v) is 11.1. The molecule has 4 heteroatoms. The molecule has 0 spiro atoms. The molecule has 0 aliphatic rings. The van der Waals surface area contributed by atoms with Gasteiger partial charge in [0.2, 0.25) is 5.91 Å². The van der Waals surface area contributed by atoms with Gasteiger partial charge in [0.05, 0.1) is 5.41 Å². The molecule has 4 N–H and O–H groups in total. The first-order chi connectivity index (χ1) is 7.13. The van der Waals surface area contributed by atoms with Crippen LogP contribution in [0.5, 0.6) is 0 Å². The first-order valence-electron chi connectivity index (χ1n) is 5.81. The van der Waals surface area contributed by atoms with Crippen LogP contribution in [0, 0.1) is 11.3 Å². The summed E-state index contributed by atoms with van der Waals surface area (Å²) < 4.78 is 0. The molecule has 4 nitrogen and oxygen atoms in total. The molecule has 0 aliphatic heterocycles. The van der Waals surface area contributed by atoms with Gasteiger partial charge in [-0.15, -0.1) is 0 Å². The Morgan fingerprint density at radius 3 is 2.25 bits per heavy atom. The molecule has 0 aliphatic carbocycles. The fourth-order valence-corrected chi connectivity index (χ4v) is 1.10. The maximum absolute atomic E-state index is 12.0. The minimum atomic E-state index is -0.605. The summed E-state index contributed by atoms with van der Waals surface area (Å²) in [5, 5.41) is 11.6. The minimum absolute atomic E-state index is 0.0372. The predicted octanol–water partition coefficient (Wildman–Crippen LogP) is 0.885. The molecule has 0 aromatic carbocycles. The van der Waals surface area contributed by atoms with Crippen molar-refractivity contribution in [3.05, 3.63) is 0 Å². The van der Waals surface area contributed by atoms with Gasteiger partial charge in [0.1, 0.15) is 0 Å². The van der Waals surface area contributed by atoms with Crippen molar-refractivity contribution in [1.29, 1.82) is 0 Å². The summed E-state index contributed by atoms with van der Waals surface area (Å²) in [5.41, 5.74) is 4.81. The predicted molar refractivity (Wildman–Crippen MR) is 65.9 cm³/mol. The monoisotopic (exact) mass is 230 g/mol. The summed E-state index contributed by atoms with van der Waals surface area (Å²) in [7, 11) is 0. The Morgan fingerprint density at radius 1 is 1.38 bits per heavy atom. The third kappa shape index (κ3) is 4.10. The van der Waals surface area contributed by atoms with E-state index in [0.717, 1.165) is 0 Å². The Hall–Kier alpha value is -0.610. The molecule has 1 unspecified atom stereocenters. The fourth-order valence-electron chi connectivity index (χ4n) is 1.10. The van der Waals surface area contributed by atoms with Crippen molar-refractivity contribution in [3.8, 4) is 0 Å². The van der Waals surface area contributed by atoms with E-state index in [1.807, 2.05) is 34.6 Å². The lowest BCUT2D eigenvalue weighted by molar-refractivity contribution is -0.132. The standard InChI is InChI=1S/C12H26N2O2/c1-9(6-7-15)8-14-10(16)11(2,3)12(4,5)13/h9,15H,6-8,13H2,1-5H3,(H,14,16). The van der Waals surface area contributed by atoms with E-state index < -0.39 is 11.0 Å². The number of carbonyl (C=O) groups excluding carboxylic acids is 1. The Labute approximate surface area is 98.6 Å². The number of amides is 1. The number of nitrogens with two attached hydrogens (primary N) is 1. The number of aliphatic hydroxyl groups excluding tert-OH is 1. The van der Waals surface area contributed by atoms with Gasteiger partial charge in [-0.05, 0) is 40.0 Å². The summed E-state index contributed by atoms with van der Waals surface area (Å²) >= 11 is 0. The van der Waals surface area contributed by atoms with E-state index in [1.54, 1.807) is 0 Å². The van der Waals surface area contributed by atoms with Crippen LogP contribution in [0.4, 0.5) is 0 Å². The second kappa shape index (κ2) is 5.64. The van der Waals surface area contributed by atoms with Crippen LogP contribution in [0.3, 0.4) is 0 Å².